The molecule has 0 bridgehead atoms. The summed E-state index contributed by atoms with van der Waals surface area (Å²) in [5.74, 6) is -1.30. The van der Waals surface area contributed by atoms with Gasteiger partial charge in [-0.3, -0.25) is 9.59 Å². The number of para-hydroxylation sites is 2. The highest BCUT2D eigenvalue weighted by Crippen LogP contribution is 2.42. The third-order valence-electron chi connectivity index (χ3n) is 5.84. The van der Waals surface area contributed by atoms with E-state index in [1.165, 1.54) is 12.1 Å². The van der Waals surface area contributed by atoms with Crippen LogP contribution in [0.25, 0.3) is 0 Å². The Morgan fingerprint density at radius 1 is 0.875 bits per heavy atom. The molecule has 3 aromatic rings. The van der Waals surface area contributed by atoms with E-state index in [-0.39, 0.29) is 29.5 Å². The van der Waals surface area contributed by atoms with Crippen LogP contribution >= 0.6 is 0 Å². The molecule has 0 saturated carbocycles. The Labute approximate surface area is 186 Å². The van der Waals surface area contributed by atoms with Crippen molar-refractivity contribution in [2.24, 2.45) is 0 Å². The first kappa shape index (κ1) is 21.3. The number of carbonyl (C=O) groups excluding carboxylic acids is 2. The lowest BCUT2D eigenvalue weighted by Gasteiger charge is -2.43. The fourth-order valence-electron chi connectivity index (χ4n) is 4.40. The smallest absolute Gasteiger partial charge is 0.335 e. The van der Waals surface area contributed by atoms with Crippen LogP contribution in [0.3, 0.4) is 0 Å². The third-order valence-corrected chi connectivity index (χ3v) is 5.84. The Balaban J connectivity index is 1.74. The number of hydrogen-bond acceptors (Lipinski definition) is 3. The van der Waals surface area contributed by atoms with Gasteiger partial charge in [0.15, 0.2) is 0 Å². The number of rotatable bonds is 4. The minimum atomic E-state index is -1.03. The molecule has 1 heterocycles. The predicted octanol–water partition coefficient (Wildman–Crippen LogP) is 4.92. The number of benzene rings is 3. The fraction of sp³-hybridized carbons (Fsp3) is 0.192. The molecular formula is C26H24N2O4. The van der Waals surface area contributed by atoms with Gasteiger partial charge in [-0.15, -0.1) is 0 Å². The summed E-state index contributed by atoms with van der Waals surface area (Å²) in [6, 6.07) is 22.8. The molecule has 32 heavy (non-hydrogen) atoms. The maximum Gasteiger partial charge on any atom is 0.335 e. The Kier molecular flexibility index (Phi) is 5.77. The molecule has 0 aliphatic carbocycles. The maximum atomic E-state index is 13.4. The van der Waals surface area contributed by atoms with E-state index in [0.717, 1.165) is 16.9 Å². The highest BCUT2D eigenvalue weighted by molar-refractivity contribution is 6.08. The molecule has 4 rings (SSSR count). The molecule has 2 atom stereocenters. The molecule has 2 unspecified atom stereocenters. The standard InChI is InChI=1S/C26H24N2O4/c1-17-16-24(28(18(2)29)21-8-4-3-5-9-21)22-10-6-7-11-23(22)27(17)25(30)19-12-14-20(15-13-19)26(31)32/h3-15,17,24H,16H2,1-2H3,(H,31,32). The van der Waals surface area contributed by atoms with Crippen molar-refractivity contribution < 1.29 is 19.5 Å². The highest BCUT2D eigenvalue weighted by atomic mass is 16.4. The zero-order valence-electron chi connectivity index (χ0n) is 17.9. The summed E-state index contributed by atoms with van der Waals surface area (Å²) in [7, 11) is 0. The molecule has 6 heteroatoms. The molecule has 0 saturated heterocycles. The summed E-state index contributed by atoms with van der Waals surface area (Å²) >= 11 is 0. The van der Waals surface area contributed by atoms with Gasteiger partial charge in [0.05, 0.1) is 11.6 Å². The SMILES string of the molecule is CC(=O)N(c1ccccc1)C1CC(C)N(C(=O)c2ccc(C(=O)O)cc2)c2ccccc21. The van der Waals surface area contributed by atoms with E-state index in [2.05, 4.69) is 0 Å². The molecule has 0 aromatic heterocycles. The molecule has 6 nitrogen and oxygen atoms in total. The van der Waals surface area contributed by atoms with Gasteiger partial charge in [-0.1, -0.05) is 36.4 Å². The number of nitrogens with zero attached hydrogens (tertiary/aromatic N) is 2. The Morgan fingerprint density at radius 2 is 1.47 bits per heavy atom. The van der Waals surface area contributed by atoms with Crippen LogP contribution in [0, 0.1) is 0 Å². The zero-order chi connectivity index (χ0) is 22.8. The first-order chi connectivity index (χ1) is 15.4. The van der Waals surface area contributed by atoms with Crippen molar-refractivity contribution in [3.8, 4) is 0 Å². The lowest BCUT2D eigenvalue weighted by Crippen LogP contribution is -2.47. The normalized spacial score (nSPS) is 17.4. The lowest BCUT2D eigenvalue weighted by atomic mass is 9.89. The van der Waals surface area contributed by atoms with Crippen molar-refractivity contribution in [1.29, 1.82) is 0 Å². The Bertz CT molecular complexity index is 1160. The number of aromatic carboxylic acids is 1. The molecule has 0 fully saturated rings. The summed E-state index contributed by atoms with van der Waals surface area (Å²) in [6.45, 7) is 3.53. The predicted molar refractivity (Wildman–Crippen MR) is 123 cm³/mol. The van der Waals surface area contributed by atoms with Gasteiger partial charge in [0.2, 0.25) is 5.91 Å². The quantitative estimate of drug-likeness (QED) is 0.640. The van der Waals surface area contributed by atoms with Gasteiger partial charge in [0.1, 0.15) is 0 Å². The largest absolute Gasteiger partial charge is 0.478 e. The molecule has 1 aliphatic heterocycles. The number of carboxylic acid groups (broad SMARTS) is 1. The van der Waals surface area contributed by atoms with Gasteiger partial charge < -0.3 is 14.9 Å². The first-order valence-corrected chi connectivity index (χ1v) is 10.5. The van der Waals surface area contributed by atoms with Crippen LogP contribution in [0.15, 0.2) is 78.9 Å². The third kappa shape index (κ3) is 3.87. The second-order valence-electron chi connectivity index (χ2n) is 7.94. The van der Waals surface area contributed by atoms with Gasteiger partial charge in [-0.2, -0.15) is 0 Å². The first-order valence-electron chi connectivity index (χ1n) is 10.5. The van der Waals surface area contributed by atoms with E-state index in [4.69, 9.17) is 5.11 Å². The van der Waals surface area contributed by atoms with Crippen LogP contribution < -0.4 is 9.80 Å². The van der Waals surface area contributed by atoms with Gasteiger partial charge in [0, 0.05) is 29.9 Å². The molecular weight excluding hydrogens is 404 g/mol. The summed E-state index contributed by atoms with van der Waals surface area (Å²) in [6.07, 6.45) is 0.574. The second-order valence-corrected chi connectivity index (χ2v) is 7.94. The fourth-order valence-corrected chi connectivity index (χ4v) is 4.40. The number of hydrogen-bond donors (Lipinski definition) is 1. The van der Waals surface area contributed by atoms with Crippen molar-refractivity contribution in [2.45, 2.75) is 32.4 Å². The van der Waals surface area contributed by atoms with Gasteiger partial charge in [-0.05, 0) is 61.4 Å². The van der Waals surface area contributed by atoms with Crippen molar-refractivity contribution in [2.75, 3.05) is 9.80 Å². The monoisotopic (exact) mass is 428 g/mol. The van der Waals surface area contributed by atoms with Crippen molar-refractivity contribution in [3.63, 3.8) is 0 Å². The Morgan fingerprint density at radius 3 is 2.09 bits per heavy atom. The van der Waals surface area contributed by atoms with Gasteiger partial charge in [0.25, 0.3) is 5.91 Å². The summed E-state index contributed by atoms with van der Waals surface area (Å²) in [5, 5.41) is 9.13. The number of carbonyl (C=O) groups is 3. The lowest BCUT2D eigenvalue weighted by molar-refractivity contribution is -0.117. The van der Waals surface area contributed by atoms with E-state index in [0.29, 0.717) is 12.0 Å². The van der Waals surface area contributed by atoms with Crippen LogP contribution in [0.2, 0.25) is 0 Å². The van der Waals surface area contributed by atoms with E-state index in [1.807, 2.05) is 61.5 Å². The number of fused-ring (bicyclic) bond motifs is 1. The van der Waals surface area contributed by atoms with E-state index < -0.39 is 5.97 Å². The number of amides is 2. The van der Waals surface area contributed by atoms with Crippen LogP contribution in [0.5, 0.6) is 0 Å². The van der Waals surface area contributed by atoms with E-state index in [9.17, 15) is 14.4 Å². The molecule has 0 radical (unpaired) electrons. The minimum absolute atomic E-state index is 0.0627. The second kappa shape index (κ2) is 8.67. The molecule has 1 aliphatic rings. The number of anilines is 2. The van der Waals surface area contributed by atoms with Crippen LogP contribution in [0.1, 0.15) is 52.6 Å². The minimum Gasteiger partial charge on any atom is -0.478 e. The average molecular weight is 428 g/mol. The topological polar surface area (TPSA) is 77.9 Å². The Hall–Kier alpha value is -3.93. The summed E-state index contributed by atoms with van der Waals surface area (Å²) < 4.78 is 0. The van der Waals surface area contributed by atoms with Crippen LogP contribution in [-0.2, 0) is 4.79 Å². The van der Waals surface area contributed by atoms with Gasteiger partial charge in [-0.25, -0.2) is 4.79 Å². The average Bonchev–Trinajstić information content (AvgIpc) is 2.79. The van der Waals surface area contributed by atoms with Crippen molar-refractivity contribution >= 4 is 29.2 Å². The molecule has 3 aromatic carbocycles. The van der Waals surface area contributed by atoms with Gasteiger partial charge >= 0.3 is 5.97 Å². The van der Waals surface area contributed by atoms with Crippen molar-refractivity contribution in [1.82, 2.24) is 0 Å². The number of carboxylic acids is 1. The summed E-state index contributed by atoms with van der Waals surface area (Å²) in [5.41, 5.74) is 3.03. The van der Waals surface area contributed by atoms with Crippen LogP contribution in [0.4, 0.5) is 11.4 Å². The molecule has 162 valence electrons. The van der Waals surface area contributed by atoms with E-state index in [1.54, 1.807) is 28.9 Å². The highest BCUT2D eigenvalue weighted by Gasteiger charge is 2.38. The van der Waals surface area contributed by atoms with Crippen molar-refractivity contribution in [3.05, 3.63) is 95.6 Å². The zero-order valence-corrected chi connectivity index (χ0v) is 17.9. The molecule has 1 N–H and O–H groups in total. The molecule has 0 spiro atoms. The van der Waals surface area contributed by atoms with E-state index >= 15 is 0 Å². The van der Waals surface area contributed by atoms with Crippen LogP contribution in [-0.4, -0.2) is 28.9 Å². The molecule has 2 amide bonds. The maximum absolute atomic E-state index is 13.4. The summed E-state index contributed by atoms with van der Waals surface area (Å²) in [4.78, 5) is 40.8.